The number of carbonyl (C=O) groups is 1. The molecule has 0 aliphatic carbocycles. The van der Waals surface area contributed by atoms with Crippen LogP contribution in [-0.2, 0) is 26.3 Å². The van der Waals surface area contributed by atoms with E-state index in [1.165, 1.54) is 0 Å². The van der Waals surface area contributed by atoms with Crippen molar-refractivity contribution in [2.45, 2.75) is 18.3 Å². The number of halogens is 1. The highest BCUT2D eigenvalue weighted by molar-refractivity contribution is 6.30. The molecule has 1 saturated heterocycles. The predicted molar refractivity (Wildman–Crippen MR) is 117 cm³/mol. The van der Waals surface area contributed by atoms with Gasteiger partial charge in [-0.2, -0.15) is 0 Å². The number of hydrogen-bond acceptors (Lipinski definition) is 3. The van der Waals surface area contributed by atoms with Gasteiger partial charge in [0, 0.05) is 17.0 Å². The van der Waals surface area contributed by atoms with Gasteiger partial charge in [-0.1, -0.05) is 96.5 Å². The van der Waals surface area contributed by atoms with Crippen molar-refractivity contribution >= 4 is 28.3 Å². The Morgan fingerprint density at radius 1 is 0.800 bits per heavy atom. The van der Waals surface area contributed by atoms with Crippen LogP contribution >= 0.6 is 11.6 Å². The van der Waals surface area contributed by atoms with E-state index in [1.54, 1.807) is 12.1 Å². The summed E-state index contributed by atoms with van der Waals surface area (Å²) in [7, 11) is 0. The average molecular weight is 415 g/mol. The molecule has 1 aliphatic rings. The molecule has 1 fully saturated rings. The highest BCUT2D eigenvalue weighted by atomic mass is 35.5. The van der Waals surface area contributed by atoms with Crippen LogP contribution in [0.3, 0.4) is 0 Å². The number of rotatable bonds is 4. The summed E-state index contributed by atoms with van der Waals surface area (Å²) >= 11 is 6.09. The summed E-state index contributed by atoms with van der Waals surface area (Å²) in [5.41, 5.74) is 1.31. The minimum Gasteiger partial charge on any atom is -0.429 e. The van der Waals surface area contributed by atoms with E-state index in [-0.39, 0.29) is 0 Å². The monoisotopic (exact) mass is 414 g/mol. The Morgan fingerprint density at radius 3 is 2.30 bits per heavy atom. The highest BCUT2D eigenvalue weighted by Crippen LogP contribution is 2.45. The van der Waals surface area contributed by atoms with Crippen LogP contribution in [0.1, 0.15) is 23.0 Å². The largest absolute Gasteiger partial charge is 0.429 e. The molecule has 0 bridgehead atoms. The molecule has 4 aromatic rings. The van der Waals surface area contributed by atoms with Crippen LogP contribution in [0.5, 0.6) is 0 Å². The maximum atomic E-state index is 13.3. The Kier molecular flexibility index (Phi) is 4.78. The maximum absolute atomic E-state index is 13.3. The van der Waals surface area contributed by atoms with E-state index in [0.29, 0.717) is 11.4 Å². The van der Waals surface area contributed by atoms with Gasteiger partial charge in [-0.05, 0) is 34.0 Å². The van der Waals surface area contributed by atoms with Crippen molar-refractivity contribution in [1.29, 1.82) is 0 Å². The molecule has 30 heavy (non-hydrogen) atoms. The molecule has 4 aromatic carbocycles. The summed E-state index contributed by atoms with van der Waals surface area (Å²) in [5.74, 6) is -0.397. The molecule has 0 spiro atoms. The van der Waals surface area contributed by atoms with Gasteiger partial charge >= 0.3 is 5.97 Å². The zero-order valence-electron chi connectivity index (χ0n) is 16.1. The number of ether oxygens (including phenoxy) is 2. The third-order valence-electron chi connectivity index (χ3n) is 5.54. The molecule has 0 saturated carbocycles. The van der Waals surface area contributed by atoms with E-state index in [2.05, 4.69) is 0 Å². The Hall–Kier alpha value is -3.14. The van der Waals surface area contributed by atoms with Crippen molar-refractivity contribution in [3.63, 3.8) is 0 Å². The van der Waals surface area contributed by atoms with E-state index >= 15 is 0 Å². The van der Waals surface area contributed by atoms with E-state index < -0.39 is 17.9 Å². The lowest BCUT2D eigenvalue weighted by Crippen LogP contribution is -2.35. The first kappa shape index (κ1) is 18.9. The second kappa shape index (κ2) is 7.60. The first-order chi connectivity index (χ1) is 14.7. The van der Waals surface area contributed by atoms with Crippen LogP contribution in [0.2, 0.25) is 5.02 Å². The molecular formula is C26H19ClO3. The Morgan fingerprint density at radius 2 is 1.50 bits per heavy atom. The van der Waals surface area contributed by atoms with Gasteiger partial charge in [0.05, 0.1) is 0 Å². The Balaban J connectivity index is 1.60. The summed E-state index contributed by atoms with van der Waals surface area (Å²) in [6.45, 7) is 0. The fraction of sp³-hybridized carbons (Fsp3) is 0.115. The van der Waals surface area contributed by atoms with Crippen molar-refractivity contribution < 1.29 is 14.3 Å². The minimum atomic E-state index is -1.24. The van der Waals surface area contributed by atoms with Crippen LogP contribution in [0.25, 0.3) is 10.8 Å². The first-order valence-corrected chi connectivity index (χ1v) is 10.2. The summed E-state index contributed by atoms with van der Waals surface area (Å²) in [5, 5.41) is 2.68. The van der Waals surface area contributed by atoms with Crippen LogP contribution in [-0.4, -0.2) is 5.97 Å². The van der Waals surface area contributed by atoms with Gasteiger partial charge in [0.1, 0.15) is 0 Å². The summed E-state index contributed by atoms with van der Waals surface area (Å²) in [6, 6.07) is 31.0. The topological polar surface area (TPSA) is 35.5 Å². The molecular weight excluding hydrogens is 396 g/mol. The van der Waals surface area contributed by atoms with Crippen molar-refractivity contribution in [1.82, 2.24) is 0 Å². The third kappa shape index (κ3) is 3.26. The first-order valence-electron chi connectivity index (χ1n) is 9.82. The molecule has 2 atom stereocenters. The SMILES string of the molecule is O=C1O[C@H](c2cccc3ccccc23)O[C@]1(Cc1ccccc1)c1ccc(Cl)cc1. The number of hydrogen-bond donors (Lipinski definition) is 0. The lowest BCUT2D eigenvalue weighted by molar-refractivity contribution is -0.145. The lowest BCUT2D eigenvalue weighted by atomic mass is 9.87. The minimum absolute atomic E-state index is 0.371. The predicted octanol–water partition coefficient (Wildman–Crippen LogP) is 6.20. The van der Waals surface area contributed by atoms with E-state index in [9.17, 15) is 4.79 Å². The Labute approximate surface area is 179 Å². The summed E-state index contributed by atoms with van der Waals surface area (Å²) < 4.78 is 12.3. The van der Waals surface area contributed by atoms with Gasteiger partial charge in [0.15, 0.2) is 5.60 Å². The fourth-order valence-electron chi connectivity index (χ4n) is 4.03. The van der Waals surface area contributed by atoms with Crippen LogP contribution < -0.4 is 0 Å². The fourth-order valence-corrected chi connectivity index (χ4v) is 4.16. The molecule has 1 aliphatic heterocycles. The molecule has 0 aromatic heterocycles. The number of fused-ring (bicyclic) bond motifs is 1. The van der Waals surface area contributed by atoms with Gasteiger partial charge in [-0.3, -0.25) is 0 Å². The molecule has 5 rings (SSSR count). The molecule has 0 unspecified atom stereocenters. The average Bonchev–Trinajstić information content (AvgIpc) is 3.11. The zero-order valence-corrected chi connectivity index (χ0v) is 16.9. The van der Waals surface area contributed by atoms with Gasteiger partial charge in [0.25, 0.3) is 0 Å². The normalized spacial score (nSPS) is 21.0. The van der Waals surface area contributed by atoms with Gasteiger partial charge in [0.2, 0.25) is 6.29 Å². The van der Waals surface area contributed by atoms with Crippen LogP contribution in [0, 0.1) is 0 Å². The van der Waals surface area contributed by atoms with Gasteiger partial charge < -0.3 is 9.47 Å². The second-order valence-electron chi connectivity index (χ2n) is 7.42. The molecule has 0 amide bonds. The number of benzene rings is 4. The van der Waals surface area contributed by atoms with E-state index in [1.807, 2.05) is 84.9 Å². The van der Waals surface area contributed by atoms with E-state index in [0.717, 1.165) is 27.5 Å². The Bertz CT molecular complexity index is 1200. The quantitative estimate of drug-likeness (QED) is 0.373. The summed E-state index contributed by atoms with van der Waals surface area (Å²) in [6.07, 6.45) is -0.418. The standard InChI is InChI=1S/C26H19ClO3/c27-21-15-13-20(14-16-21)26(17-18-7-2-1-3-8-18)25(28)29-24(30-26)23-12-6-10-19-9-4-5-11-22(19)23/h1-16,24H,17H2/t24-,26+/m0/s1. The molecule has 0 radical (unpaired) electrons. The van der Waals surface area contributed by atoms with E-state index in [4.69, 9.17) is 21.1 Å². The number of carbonyl (C=O) groups excluding carboxylic acids is 1. The van der Waals surface area contributed by atoms with Crippen molar-refractivity contribution in [3.8, 4) is 0 Å². The number of esters is 1. The molecule has 1 heterocycles. The maximum Gasteiger partial charge on any atom is 0.346 e. The smallest absolute Gasteiger partial charge is 0.346 e. The molecule has 148 valence electrons. The highest BCUT2D eigenvalue weighted by Gasteiger charge is 2.52. The van der Waals surface area contributed by atoms with Crippen molar-refractivity contribution in [3.05, 3.63) is 119 Å². The van der Waals surface area contributed by atoms with Gasteiger partial charge in [-0.15, -0.1) is 0 Å². The molecule has 4 heteroatoms. The zero-order chi connectivity index (χ0) is 20.6. The third-order valence-corrected chi connectivity index (χ3v) is 5.79. The lowest BCUT2D eigenvalue weighted by Gasteiger charge is -2.25. The van der Waals surface area contributed by atoms with Crippen LogP contribution in [0.4, 0.5) is 0 Å². The summed E-state index contributed by atoms with van der Waals surface area (Å²) in [4.78, 5) is 13.3. The van der Waals surface area contributed by atoms with Gasteiger partial charge in [-0.25, -0.2) is 4.79 Å². The number of cyclic esters (lactones) is 1. The van der Waals surface area contributed by atoms with Crippen molar-refractivity contribution in [2.75, 3.05) is 0 Å². The molecule has 0 N–H and O–H groups in total. The molecule has 3 nitrogen and oxygen atoms in total. The second-order valence-corrected chi connectivity index (χ2v) is 7.86. The van der Waals surface area contributed by atoms with Crippen LogP contribution in [0.15, 0.2) is 97.1 Å². The van der Waals surface area contributed by atoms with Crippen molar-refractivity contribution in [2.24, 2.45) is 0 Å².